The minimum atomic E-state index is -3.55. The second-order valence-corrected chi connectivity index (χ2v) is 7.52. The van der Waals surface area contributed by atoms with Gasteiger partial charge in [-0.3, -0.25) is 0 Å². The molecule has 20 heavy (non-hydrogen) atoms. The number of hydrogen-bond acceptors (Lipinski definition) is 3. The number of aliphatic hydroxyl groups is 1. The van der Waals surface area contributed by atoms with E-state index in [2.05, 4.69) is 18.6 Å². The predicted molar refractivity (Wildman–Crippen MR) is 79.1 cm³/mol. The third-order valence-corrected chi connectivity index (χ3v) is 5.40. The number of benzene rings is 1. The van der Waals surface area contributed by atoms with Crippen LogP contribution in [0.5, 0.6) is 0 Å². The van der Waals surface area contributed by atoms with Crippen molar-refractivity contribution in [2.45, 2.75) is 62.5 Å². The number of aliphatic hydroxyl groups excluding tert-OH is 1. The van der Waals surface area contributed by atoms with Crippen LogP contribution in [0.1, 0.15) is 51.0 Å². The Morgan fingerprint density at radius 3 is 2.30 bits per heavy atom. The minimum absolute atomic E-state index is 0.264. The quantitative estimate of drug-likeness (QED) is 0.897. The molecule has 1 saturated carbocycles. The van der Waals surface area contributed by atoms with Gasteiger partial charge < -0.3 is 5.11 Å². The molecular formula is C15H23NO3S. The van der Waals surface area contributed by atoms with E-state index in [0.717, 1.165) is 18.4 Å². The molecule has 1 aromatic rings. The Morgan fingerprint density at radius 2 is 1.75 bits per heavy atom. The zero-order valence-corrected chi connectivity index (χ0v) is 12.9. The molecule has 2 atom stereocenters. The van der Waals surface area contributed by atoms with Gasteiger partial charge in [0.15, 0.2) is 0 Å². The molecular weight excluding hydrogens is 274 g/mol. The van der Waals surface area contributed by atoms with Crippen LogP contribution < -0.4 is 4.72 Å². The average molecular weight is 297 g/mol. The van der Waals surface area contributed by atoms with Gasteiger partial charge >= 0.3 is 0 Å². The van der Waals surface area contributed by atoms with Gasteiger partial charge in [-0.05, 0) is 36.5 Å². The lowest BCUT2D eigenvalue weighted by Crippen LogP contribution is -2.44. The highest BCUT2D eigenvalue weighted by molar-refractivity contribution is 7.89. The first-order chi connectivity index (χ1) is 9.40. The van der Waals surface area contributed by atoms with Gasteiger partial charge in [-0.15, -0.1) is 0 Å². The van der Waals surface area contributed by atoms with E-state index in [1.165, 1.54) is 0 Å². The van der Waals surface area contributed by atoms with Crippen molar-refractivity contribution in [3.05, 3.63) is 29.8 Å². The Morgan fingerprint density at radius 1 is 1.15 bits per heavy atom. The maximum atomic E-state index is 12.3. The van der Waals surface area contributed by atoms with Gasteiger partial charge in [0.2, 0.25) is 10.0 Å². The van der Waals surface area contributed by atoms with Crippen LogP contribution in [0, 0.1) is 0 Å². The second-order valence-electron chi connectivity index (χ2n) is 5.80. The van der Waals surface area contributed by atoms with Crippen LogP contribution in [-0.2, 0) is 10.0 Å². The van der Waals surface area contributed by atoms with Crippen LogP contribution in [0.2, 0.25) is 0 Å². The van der Waals surface area contributed by atoms with E-state index in [1.54, 1.807) is 12.1 Å². The van der Waals surface area contributed by atoms with Crippen LogP contribution in [0.15, 0.2) is 29.2 Å². The summed E-state index contributed by atoms with van der Waals surface area (Å²) in [5.41, 5.74) is 1.11. The number of sulfonamides is 1. The fourth-order valence-electron chi connectivity index (χ4n) is 2.55. The zero-order valence-electron chi connectivity index (χ0n) is 12.0. The minimum Gasteiger partial charge on any atom is -0.391 e. The Kier molecular flexibility index (Phi) is 4.83. The molecule has 0 aliphatic heterocycles. The van der Waals surface area contributed by atoms with Gasteiger partial charge in [0.05, 0.1) is 11.0 Å². The summed E-state index contributed by atoms with van der Waals surface area (Å²) in [6, 6.07) is 6.59. The molecule has 0 saturated heterocycles. The van der Waals surface area contributed by atoms with Gasteiger partial charge in [0.1, 0.15) is 0 Å². The summed E-state index contributed by atoms with van der Waals surface area (Å²) in [7, 11) is -3.55. The highest BCUT2D eigenvalue weighted by atomic mass is 32.2. The summed E-state index contributed by atoms with van der Waals surface area (Å²) < 4.78 is 27.2. The van der Waals surface area contributed by atoms with Crippen molar-refractivity contribution in [2.75, 3.05) is 0 Å². The van der Waals surface area contributed by atoms with E-state index in [1.807, 2.05) is 12.1 Å². The van der Waals surface area contributed by atoms with Crippen molar-refractivity contribution in [1.29, 1.82) is 0 Å². The lowest BCUT2D eigenvalue weighted by atomic mass is 9.93. The average Bonchev–Trinajstić information content (AvgIpc) is 2.41. The highest BCUT2D eigenvalue weighted by Gasteiger charge is 2.28. The second kappa shape index (κ2) is 6.24. The molecule has 1 fully saturated rings. The molecule has 0 spiro atoms. The molecule has 1 aliphatic rings. The molecule has 1 aliphatic carbocycles. The van der Waals surface area contributed by atoms with E-state index < -0.39 is 16.1 Å². The smallest absolute Gasteiger partial charge is 0.240 e. The molecule has 5 heteroatoms. The van der Waals surface area contributed by atoms with Crippen molar-refractivity contribution < 1.29 is 13.5 Å². The molecule has 0 heterocycles. The maximum absolute atomic E-state index is 12.3. The Hall–Kier alpha value is -0.910. The monoisotopic (exact) mass is 297 g/mol. The first-order valence-corrected chi connectivity index (χ1v) is 8.69. The fourth-order valence-corrected chi connectivity index (χ4v) is 3.85. The van der Waals surface area contributed by atoms with E-state index in [4.69, 9.17) is 0 Å². The standard InChI is InChI=1S/C15H23NO3S/c1-11(2)12-7-9-13(10-8-12)20(18,19)16-14-5-3-4-6-15(14)17/h7-11,14-17H,3-6H2,1-2H3/t14-,15-/m0/s1. The lowest BCUT2D eigenvalue weighted by molar-refractivity contribution is 0.101. The summed E-state index contributed by atoms with van der Waals surface area (Å²) >= 11 is 0. The van der Waals surface area contributed by atoms with Crippen LogP contribution >= 0.6 is 0 Å². The summed E-state index contributed by atoms with van der Waals surface area (Å²) in [5, 5.41) is 9.87. The van der Waals surface area contributed by atoms with Gasteiger partial charge in [0, 0.05) is 6.04 Å². The van der Waals surface area contributed by atoms with Gasteiger partial charge in [0.25, 0.3) is 0 Å². The maximum Gasteiger partial charge on any atom is 0.240 e. The normalized spacial score (nSPS) is 24.0. The van der Waals surface area contributed by atoms with Crippen LogP contribution in [0.25, 0.3) is 0 Å². The Bertz CT molecular complexity index is 537. The van der Waals surface area contributed by atoms with Crippen molar-refractivity contribution >= 4 is 10.0 Å². The van der Waals surface area contributed by atoms with Gasteiger partial charge in [-0.25, -0.2) is 13.1 Å². The third kappa shape index (κ3) is 3.59. The first kappa shape index (κ1) is 15.5. The molecule has 112 valence electrons. The van der Waals surface area contributed by atoms with Crippen LogP contribution in [-0.4, -0.2) is 25.7 Å². The SMILES string of the molecule is CC(C)c1ccc(S(=O)(=O)N[C@H]2CCCC[C@@H]2O)cc1. The molecule has 0 aromatic heterocycles. The lowest BCUT2D eigenvalue weighted by Gasteiger charge is -2.28. The fraction of sp³-hybridized carbons (Fsp3) is 0.600. The first-order valence-electron chi connectivity index (χ1n) is 7.20. The molecule has 0 unspecified atom stereocenters. The molecule has 2 rings (SSSR count). The molecule has 4 nitrogen and oxygen atoms in total. The van der Waals surface area contributed by atoms with E-state index >= 15 is 0 Å². The van der Waals surface area contributed by atoms with Crippen molar-refractivity contribution in [3.8, 4) is 0 Å². The summed E-state index contributed by atoms with van der Waals surface area (Å²) in [5.74, 6) is 0.375. The predicted octanol–water partition coefficient (Wildman–Crippen LogP) is 2.39. The third-order valence-electron chi connectivity index (χ3n) is 3.89. The van der Waals surface area contributed by atoms with E-state index in [9.17, 15) is 13.5 Å². The Balaban J connectivity index is 2.13. The molecule has 0 bridgehead atoms. The van der Waals surface area contributed by atoms with Crippen molar-refractivity contribution in [1.82, 2.24) is 4.72 Å². The summed E-state index contributed by atoms with van der Waals surface area (Å²) in [6.45, 7) is 4.14. The van der Waals surface area contributed by atoms with Gasteiger partial charge in [-0.1, -0.05) is 38.8 Å². The number of rotatable bonds is 4. The number of hydrogen-bond donors (Lipinski definition) is 2. The topological polar surface area (TPSA) is 66.4 Å². The van der Waals surface area contributed by atoms with Gasteiger partial charge in [-0.2, -0.15) is 0 Å². The number of nitrogens with one attached hydrogen (secondary N) is 1. The molecule has 2 N–H and O–H groups in total. The molecule has 1 aromatic carbocycles. The van der Waals surface area contributed by atoms with Crippen molar-refractivity contribution in [2.24, 2.45) is 0 Å². The highest BCUT2D eigenvalue weighted by Crippen LogP contribution is 2.22. The Labute approximate surface area is 121 Å². The summed E-state index contributed by atoms with van der Waals surface area (Å²) in [6.07, 6.45) is 2.71. The molecule has 0 radical (unpaired) electrons. The van der Waals surface area contributed by atoms with Crippen LogP contribution in [0.3, 0.4) is 0 Å². The van der Waals surface area contributed by atoms with Crippen LogP contribution in [0.4, 0.5) is 0 Å². The largest absolute Gasteiger partial charge is 0.391 e. The zero-order chi connectivity index (χ0) is 14.8. The van der Waals surface area contributed by atoms with E-state index in [0.29, 0.717) is 18.8 Å². The van der Waals surface area contributed by atoms with E-state index in [-0.39, 0.29) is 10.9 Å². The van der Waals surface area contributed by atoms with Crippen molar-refractivity contribution in [3.63, 3.8) is 0 Å². The molecule has 0 amide bonds. The summed E-state index contributed by atoms with van der Waals surface area (Å²) in [4.78, 5) is 0.264.